The zero-order valence-electron chi connectivity index (χ0n) is 16.9. The first-order valence-electron chi connectivity index (χ1n) is 9.85. The molecule has 1 heterocycles. The molecule has 0 unspecified atom stereocenters. The molecule has 1 N–H and O–H groups in total. The van der Waals surface area contributed by atoms with Gasteiger partial charge in [0.25, 0.3) is 5.89 Å². The van der Waals surface area contributed by atoms with E-state index in [0.717, 1.165) is 6.42 Å². The van der Waals surface area contributed by atoms with E-state index in [2.05, 4.69) is 42.4 Å². The Morgan fingerprint density at radius 2 is 2.07 bits per heavy atom. The lowest BCUT2D eigenvalue weighted by Crippen LogP contribution is -2.36. The Hall–Kier alpha value is -2.50. The van der Waals surface area contributed by atoms with Crippen LogP contribution in [0.25, 0.3) is 11.5 Å². The Balaban J connectivity index is 1.75. The van der Waals surface area contributed by atoms with Crippen molar-refractivity contribution in [2.45, 2.75) is 40.5 Å². The molecular weight excluding hydrogens is 357 g/mol. The third-order valence-corrected chi connectivity index (χ3v) is 5.66. The predicted molar refractivity (Wildman–Crippen MR) is 106 cm³/mol. The van der Waals surface area contributed by atoms with E-state index in [1.807, 2.05) is 0 Å². The second-order valence-corrected chi connectivity index (χ2v) is 8.04. The summed E-state index contributed by atoms with van der Waals surface area (Å²) in [5.74, 6) is 1.98. The van der Waals surface area contributed by atoms with E-state index in [1.165, 1.54) is 11.6 Å². The number of hydrogen-bond acceptors (Lipinski definition) is 4. The van der Waals surface area contributed by atoms with Crippen LogP contribution in [0.15, 0.2) is 40.3 Å². The third kappa shape index (κ3) is 4.66. The predicted octanol–water partition coefficient (Wildman–Crippen LogP) is 4.41. The molecule has 0 spiro atoms. The highest BCUT2D eigenvalue weighted by atomic mass is 19.1. The summed E-state index contributed by atoms with van der Waals surface area (Å²) in [6, 6.07) is 6.41. The molecular formula is C22H28FN3O2. The van der Waals surface area contributed by atoms with E-state index in [9.17, 15) is 9.18 Å². The topological polar surface area (TPSA) is 68.0 Å². The van der Waals surface area contributed by atoms with Crippen molar-refractivity contribution in [3.8, 4) is 11.5 Å². The van der Waals surface area contributed by atoms with Crippen LogP contribution >= 0.6 is 0 Å². The average Bonchev–Trinajstić information content (AvgIpc) is 3.10. The van der Waals surface area contributed by atoms with Gasteiger partial charge in [0, 0.05) is 19.9 Å². The van der Waals surface area contributed by atoms with Gasteiger partial charge < -0.3 is 9.73 Å². The minimum absolute atomic E-state index is 0.00205. The molecule has 0 radical (unpaired) electrons. The van der Waals surface area contributed by atoms with Crippen LogP contribution in [0.4, 0.5) is 4.39 Å². The Labute approximate surface area is 165 Å². The van der Waals surface area contributed by atoms with Crippen LogP contribution in [0.5, 0.6) is 0 Å². The molecule has 3 atom stereocenters. The maximum absolute atomic E-state index is 14.0. The van der Waals surface area contributed by atoms with Crippen LogP contribution in [0.2, 0.25) is 0 Å². The number of aromatic nitrogens is 2. The summed E-state index contributed by atoms with van der Waals surface area (Å²) in [4.78, 5) is 11.3. The maximum Gasteiger partial charge on any atom is 0.250 e. The van der Waals surface area contributed by atoms with Gasteiger partial charge in [-0.1, -0.05) is 37.6 Å². The summed E-state index contributed by atoms with van der Waals surface area (Å²) in [5.41, 5.74) is 1.60. The number of rotatable bonds is 6. The van der Waals surface area contributed by atoms with E-state index in [1.54, 1.807) is 25.1 Å². The van der Waals surface area contributed by atoms with Crippen LogP contribution in [0.1, 0.15) is 40.0 Å². The lowest BCUT2D eigenvalue weighted by Gasteiger charge is -2.37. The number of nitrogens with one attached hydrogen (secondary N) is 1. The van der Waals surface area contributed by atoms with Crippen molar-refractivity contribution in [1.29, 1.82) is 0 Å². The molecule has 1 aromatic carbocycles. The monoisotopic (exact) mass is 385 g/mol. The Kier molecular flexibility index (Phi) is 6.27. The fraction of sp³-hybridized carbons (Fsp3) is 0.500. The number of nitrogens with zero attached hydrogens (tertiary/aromatic N) is 2. The molecule has 1 amide bonds. The van der Waals surface area contributed by atoms with Gasteiger partial charge in [0.15, 0.2) is 0 Å². The quantitative estimate of drug-likeness (QED) is 0.748. The molecule has 1 aliphatic rings. The molecule has 0 fully saturated rings. The van der Waals surface area contributed by atoms with E-state index in [4.69, 9.17) is 4.42 Å². The standard InChI is InChI=1S/C22H28FN3O2/c1-13(2)19-10-16(14(3)9-17(19)12-24-15(4)27)11-21-25-26-22(28-21)18-7-5-6-8-20(18)23/h5-9,13,16-17,19H,10-12H2,1-4H3,(H,24,27)/t16-,17-,19-/m0/s1. The van der Waals surface area contributed by atoms with Crippen molar-refractivity contribution in [3.05, 3.63) is 47.6 Å². The number of allylic oxidation sites excluding steroid dienone is 1. The summed E-state index contributed by atoms with van der Waals surface area (Å²) in [5, 5.41) is 11.1. The van der Waals surface area contributed by atoms with E-state index in [0.29, 0.717) is 48.1 Å². The Morgan fingerprint density at radius 1 is 1.32 bits per heavy atom. The molecule has 0 saturated heterocycles. The minimum Gasteiger partial charge on any atom is -0.421 e. The molecule has 1 aromatic heterocycles. The Bertz CT molecular complexity index is 859. The van der Waals surface area contributed by atoms with Crippen LogP contribution in [0, 0.1) is 29.5 Å². The second kappa shape index (κ2) is 8.67. The SMILES string of the molecule is CC(=O)NC[C@@H]1C=C(C)[C@H](Cc2nnc(-c3ccccc3F)o2)C[C@H]1C(C)C. The highest BCUT2D eigenvalue weighted by Crippen LogP contribution is 2.38. The summed E-state index contributed by atoms with van der Waals surface area (Å²) in [7, 11) is 0. The van der Waals surface area contributed by atoms with Crippen LogP contribution in [-0.2, 0) is 11.2 Å². The summed E-state index contributed by atoms with van der Waals surface area (Å²) >= 11 is 0. The molecule has 2 aromatic rings. The molecule has 6 heteroatoms. The molecule has 150 valence electrons. The van der Waals surface area contributed by atoms with Crippen molar-refractivity contribution in [2.24, 2.45) is 23.7 Å². The number of amides is 1. The van der Waals surface area contributed by atoms with E-state index in [-0.39, 0.29) is 17.6 Å². The Morgan fingerprint density at radius 3 is 2.75 bits per heavy atom. The fourth-order valence-electron chi connectivity index (χ4n) is 4.06. The zero-order valence-corrected chi connectivity index (χ0v) is 16.9. The number of halogens is 1. The van der Waals surface area contributed by atoms with E-state index < -0.39 is 0 Å². The summed E-state index contributed by atoms with van der Waals surface area (Å²) in [6.45, 7) is 8.78. The van der Waals surface area contributed by atoms with Crippen molar-refractivity contribution in [1.82, 2.24) is 15.5 Å². The van der Waals surface area contributed by atoms with Crippen molar-refractivity contribution in [2.75, 3.05) is 6.54 Å². The van der Waals surface area contributed by atoms with Gasteiger partial charge >= 0.3 is 0 Å². The highest BCUT2D eigenvalue weighted by Gasteiger charge is 2.32. The van der Waals surface area contributed by atoms with Crippen LogP contribution in [-0.4, -0.2) is 22.6 Å². The molecule has 0 aliphatic heterocycles. The fourth-order valence-corrected chi connectivity index (χ4v) is 4.06. The van der Waals surface area contributed by atoms with Crippen molar-refractivity contribution >= 4 is 5.91 Å². The zero-order chi connectivity index (χ0) is 20.3. The molecule has 0 saturated carbocycles. The van der Waals surface area contributed by atoms with Crippen molar-refractivity contribution in [3.63, 3.8) is 0 Å². The normalized spacial score (nSPS) is 22.2. The third-order valence-electron chi connectivity index (χ3n) is 5.66. The van der Waals surface area contributed by atoms with Crippen LogP contribution < -0.4 is 5.32 Å². The van der Waals surface area contributed by atoms with Crippen LogP contribution in [0.3, 0.4) is 0 Å². The minimum atomic E-state index is -0.368. The van der Waals surface area contributed by atoms with Gasteiger partial charge in [-0.3, -0.25) is 4.79 Å². The second-order valence-electron chi connectivity index (χ2n) is 8.04. The highest BCUT2D eigenvalue weighted by molar-refractivity contribution is 5.72. The van der Waals surface area contributed by atoms with Gasteiger partial charge in [0.1, 0.15) is 5.82 Å². The lowest BCUT2D eigenvalue weighted by molar-refractivity contribution is -0.119. The number of carbonyl (C=O) groups is 1. The lowest BCUT2D eigenvalue weighted by atomic mass is 9.70. The van der Waals surface area contributed by atoms with Gasteiger partial charge in [-0.05, 0) is 49.1 Å². The van der Waals surface area contributed by atoms with Gasteiger partial charge in [-0.25, -0.2) is 4.39 Å². The first-order valence-corrected chi connectivity index (χ1v) is 9.85. The number of hydrogen-bond donors (Lipinski definition) is 1. The van der Waals surface area contributed by atoms with Gasteiger partial charge in [0.05, 0.1) is 5.56 Å². The number of carbonyl (C=O) groups excluding carboxylic acids is 1. The number of benzene rings is 1. The largest absolute Gasteiger partial charge is 0.421 e. The van der Waals surface area contributed by atoms with E-state index >= 15 is 0 Å². The van der Waals surface area contributed by atoms with Gasteiger partial charge in [-0.2, -0.15) is 0 Å². The molecule has 5 nitrogen and oxygen atoms in total. The maximum atomic E-state index is 14.0. The van der Waals surface area contributed by atoms with Gasteiger partial charge in [0.2, 0.25) is 11.8 Å². The molecule has 3 rings (SSSR count). The summed E-state index contributed by atoms with van der Waals surface area (Å²) in [6.07, 6.45) is 3.92. The smallest absolute Gasteiger partial charge is 0.250 e. The average molecular weight is 385 g/mol. The molecule has 1 aliphatic carbocycles. The molecule has 0 bridgehead atoms. The molecule has 28 heavy (non-hydrogen) atoms. The van der Waals surface area contributed by atoms with Gasteiger partial charge in [-0.15, -0.1) is 10.2 Å². The first-order chi connectivity index (χ1) is 13.3. The van der Waals surface area contributed by atoms with Crippen molar-refractivity contribution < 1.29 is 13.6 Å². The summed E-state index contributed by atoms with van der Waals surface area (Å²) < 4.78 is 19.7. The first kappa shape index (κ1) is 20.2.